The highest BCUT2D eigenvalue weighted by Gasteiger charge is 2.21. The molecular formula is C26H25Cl2N5O3S. The summed E-state index contributed by atoms with van der Waals surface area (Å²) in [6.45, 7) is 5.76. The fourth-order valence-corrected chi connectivity index (χ4v) is 4.96. The summed E-state index contributed by atoms with van der Waals surface area (Å²) in [4.78, 5) is 27.9. The number of thiocarbonyl (C=S) groups is 1. The molecule has 1 aliphatic heterocycles. The van der Waals surface area contributed by atoms with E-state index < -0.39 is 10.8 Å². The van der Waals surface area contributed by atoms with Gasteiger partial charge in [0.1, 0.15) is 0 Å². The van der Waals surface area contributed by atoms with Crippen LogP contribution in [0.15, 0.2) is 60.7 Å². The van der Waals surface area contributed by atoms with E-state index in [-0.39, 0.29) is 21.9 Å². The van der Waals surface area contributed by atoms with Crippen LogP contribution in [0.4, 0.5) is 17.1 Å². The molecule has 1 aliphatic rings. The van der Waals surface area contributed by atoms with Gasteiger partial charge in [0.05, 0.1) is 15.6 Å². The number of hydrogen-bond acceptors (Lipinski definition) is 6. The van der Waals surface area contributed by atoms with E-state index in [0.29, 0.717) is 10.7 Å². The van der Waals surface area contributed by atoms with Gasteiger partial charge in [0, 0.05) is 60.6 Å². The molecule has 0 radical (unpaired) electrons. The number of carbonyl (C=O) groups excluding carboxylic acids is 1. The van der Waals surface area contributed by atoms with Gasteiger partial charge in [-0.15, -0.1) is 0 Å². The van der Waals surface area contributed by atoms with Crippen LogP contribution in [-0.4, -0.2) is 47.0 Å². The Balaban J connectivity index is 1.33. The van der Waals surface area contributed by atoms with Gasteiger partial charge in [-0.05, 0) is 55.0 Å². The number of anilines is 2. The van der Waals surface area contributed by atoms with E-state index in [0.717, 1.165) is 49.0 Å². The summed E-state index contributed by atoms with van der Waals surface area (Å²) in [7, 11) is 0. The van der Waals surface area contributed by atoms with Crippen molar-refractivity contribution in [1.29, 1.82) is 0 Å². The lowest BCUT2D eigenvalue weighted by atomic mass is 10.1. The maximum absolute atomic E-state index is 12.6. The van der Waals surface area contributed by atoms with Gasteiger partial charge in [-0.2, -0.15) is 0 Å². The van der Waals surface area contributed by atoms with E-state index >= 15 is 0 Å². The average Bonchev–Trinajstić information content (AvgIpc) is 2.86. The van der Waals surface area contributed by atoms with E-state index in [9.17, 15) is 14.9 Å². The van der Waals surface area contributed by atoms with Crippen LogP contribution >= 0.6 is 35.4 Å². The lowest BCUT2D eigenvalue weighted by molar-refractivity contribution is -0.385. The summed E-state index contributed by atoms with van der Waals surface area (Å²) in [5.41, 5.74) is 2.99. The third kappa shape index (κ3) is 6.56. The van der Waals surface area contributed by atoms with Crippen LogP contribution in [0.3, 0.4) is 0 Å². The molecular weight excluding hydrogens is 533 g/mol. The molecule has 1 fully saturated rings. The second kappa shape index (κ2) is 11.9. The van der Waals surface area contributed by atoms with Crippen LogP contribution in [0.1, 0.15) is 21.5 Å². The Bertz CT molecular complexity index is 1350. The Morgan fingerprint density at radius 1 is 1.03 bits per heavy atom. The molecule has 192 valence electrons. The van der Waals surface area contributed by atoms with E-state index in [1.807, 2.05) is 30.3 Å². The third-order valence-electron chi connectivity index (χ3n) is 6.24. The van der Waals surface area contributed by atoms with Crippen molar-refractivity contribution in [2.45, 2.75) is 13.5 Å². The highest BCUT2D eigenvalue weighted by atomic mass is 35.5. The van der Waals surface area contributed by atoms with Crippen LogP contribution < -0.4 is 15.5 Å². The largest absolute Gasteiger partial charge is 0.368 e. The first-order valence-electron chi connectivity index (χ1n) is 11.6. The average molecular weight is 558 g/mol. The van der Waals surface area contributed by atoms with Crippen LogP contribution in [0, 0.1) is 17.0 Å². The molecule has 1 amide bonds. The second-order valence-electron chi connectivity index (χ2n) is 8.64. The fourth-order valence-electron chi connectivity index (χ4n) is 4.26. The number of piperazine rings is 1. The van der Waals surface area contributed by atoms with Crippen molar-refractivity contribution in [3.05, 3.63) is 97.5 Å². The predicted octanol–water partition coefficient (Wildman–Crippen LogP) is 5.66. The number of rotatable bonds is 6. The zero-order chi connectivity index (χ0) is 26.5. The van der Waals surface area contributed by atoms with E-state index in [2.05, 4.69) is 26.5 Å². The molecule has 4 rings (SSSR count). The number of benzene rings is 3. The Hall–Kier alpha value is -3.24. The minimum atomic E-state index is -0.531. The predicted molar refractivity (Wildman–Crippen MR) is 152 cm³/mol. The summed E-state index contributed by atoms with van der Waals surface area (Å²) in [5, 5.41) is 18.1. The van der Waals surface area contributed by atoms with Gasteiger partial charge in [0.2, 0.25) is 0 Å². The van der Waals surface area contributed by atoms with Gasteiger partial charge >= 0.3 is 0 Å². The van der Waals surface area contributed by atoms with Crippen LogP contribution in [0.5, 0.6) is 0 Å². The highest BCUT2D eigenvalue weighted by molar-refractivity contribution is 7.80. The molecule has 11 heteroatoms. The van der Waals surface area contributed by atoms with Crippen molar-refractivity contribution in [3.8, 4) is 0 Å². The number of nitrogens with zero attached hydrogens (tertiary/aromatic N) is 3. The van der Waals surface area contributed by atoms with Gasteiger partial charge in [-0.1, -0.05) is 47.5 Å². The first-order chi connectivity index (χ1) is 17.7. The summed E-state index contributed by atoms with van der Waals surface area (Å²) in [6, 6.07) is 17.7. The molecule has 0 unspecified atom stereocenters. The number of nitro benzene ring substituents is 1. The molecule has 0 bridgehead atoms. The van der Waals surface area contributed by atoms with Crippen molar-refractivity contribution in [1.82, 2.24) is 10.2 Å². The van der Waals surface area contributed by atoms with Crippen molar-refractivity contribution < 1.29 is 9.72 Å². The maximum atomic E-state index is 12.6. The van der Waals surface area contributed by atoms with Gasteiger partial charge in [0.15, 0.2) is 5.11 Å². The quantitative estimate of drug-likeness (QED) is 0.229. The van der Waals surface area contributed by atoms with E-state index in [4.69, 9.17) is 35.4 Å². The molecule has 3 aromatic carbocycles. The molecule has 37 heavy (non-hydrogen) atoms. The van der Waals surface area contributed by atoms with Gasteiger partial charge in [-0.3, -0.25) is 25.1 Å². The van der Waals surface area contributed by atoms with Crippen LogP contribution in [0.2, 0.25) is 10.0 Å². The van der Waals surface area contributed by atoms with Crippen molar-refractivity contribution in [3.63, 3.8) is 0 Å². The zero-order valence-electron chi connectivity index (χ0n) is 20.0. The van der Waals surface area contributed by atoms with E-state index in [1.54, 1.807) is 6.07 Å². The summed E-state index contributed by atoms with van der Waals surface area (Å²) in [5.74, 6) is -0.531. The summed E-state index contributed by atoms with van der Waals surface area (Å²) < 4.78 is 0. The molecule has 1 saturated heterocycles. The SMILES string of the molecule is Cc1c(C(=O)NC(=S)Nc2ccc(N3CCN(Cc4ccccc4Cl)CC3)c(Cl)c2)cccc1[N+](=O)[O-]. The van der Waals surface area contributed by atoms with Gasteiger partial charge in [0.25, 0.3) is 11.6 Å². The molecule has 0 atom stereocenters. The molecule has 0 aromatic heterocycles. The fraction of sp³-hybridized carbons (Fsp3) is 0.231. The number of amides is 1. The van der Waals surface area contributed by atoms with Crippen molar-refractivity contribution >= 4 is 63.5 Å². The molecule has 3 aromatic rings. The summed E-state index contributed by atoms with van der Waals surface area (Å²) >= 11 is 18.2. The Morgan fingerprint density at radius 2 is 1.76 bits per heavy atom. The lowest BCUT2D eigenvalue weighted by Crippen LogP contribution is -2.46. The maximum Gasteiger partial charge on any atom is 0.273 e. The Morgan fingerprint density at radius 3 is 2.43 bits per heavy atom. The monoisotopic (exact) mass is 557 g/mol. The molecule has 0 saturated carbocycles. The molecule has 0 aliphatic carbocycles. The Kier molecular flexibility index (Phi) is 8.60. The minimum Gasteiger partial charge on any atom is -0.368 e. The number of nitrogens with one attached hydrogen (secondary N) is 2. The number of nitro groups is 1. The molecule has 2 N–H and O–H groups in total. The minimum absolute atomic E-state index is 0.0629. The smallest absolute Gasteiger partial charge is 0.273 e. The van der Waals surface area contributed by atoms with E-state index in [1.165, 1.54) is 25.1 Å². The van der Waals surface area contributed by atoms with Crippen molar-refractivity contribution in [2.24, 2.45) is 0 Å². The first-order valence-corrected chi connectivity index (χ1v) is 12.8. The molecule has 1 heterocycles. The van der Waals surface area contributed by atoms with Crippen LogP contribution in [-0.2, 0) is 6.54 Å². The normalized spacial score (nSPS) is 13.8. The van der Waals surface area contributed by atoms with Crippen molar-refractivity contribution in [2.75, 3.05) is 36.4 Å². The lowest BCUT2D eigenvalue weighted by Gasteiger charge is -2.36. The molecule has 8 nitrogen and oxygen atoms in total. The van der Waals surface area contributed by atoms with Gasteiger partial charge < -0.3 is 10.2 Å². The van der Waals surface area contributed by atoms with Crippen LogP contribution in [0.25, 0.3) is 0 Å². The van der Waals surface area contributed by atoms with Gasteiger partial charge in [-0.25, -0.2) is 0 Å². The second-order valence-corrected chi connectivity index (χ2v) is 9.86. The molecule has 0 spiro atoms. The highest BCUT2D eigenvalue weighted by Crippen LogP contribution is 2.30. The topological polar surface area (TPSA) is 90.8 Å². The number of halogens is 2. The number of hydrogen-bond donors (Lipinski definition) is 2. The number of carbonyl (C=O) groups is 1. The first kappa shape index (κ1) is 26.8. The zero-order valence-corrected chi connectivity index (χ0v) is 22.4. The summed E-state index contributed by atoms with van der Waals surface area (Å²) in [6.07, 6.45) is 0. The third-order valence-corrected chi connectivity index (χ3v) is 7.12. The Labute approximate surface area is 230 Å². The standard InChI is InChI=1S/C26H25Cl2N5O3S/c1-17-20(6-4-8-23(17)33(35)36)25(34)30-26(37)29-19-9-10-24(22(28)15-19)32-13-11-31(12-14-32)16-18-5-2-3-7-21(18)27/h2-10,15H,11-14,16H2,1H3,(H2,29,30,34,37).